The number of nitrogens with one attached hydrogen (secondary N) is 3. The first-order valence-electron chi connectivity index (χ1n) is 7.43. The van der Waals surface area contributed by atoms with Gasteiger partial charge in [0.15, 0.2) is 0 Å². The van der Waals surface area contributed by atoms with Crippen molar-refractivity contribution in [2.24, 2.45) is 0 Å². The fourth-order valence-electron chi connectivity index (χ4n) is 2.46. The van der Waals surface area contributed by atoms with E-state index in [9.17, 15) is 9.59 Å². The van der Waals surface area contributed by atoms with Crippen LogP contribution in [0.5, 0.6) is 0 Å². The molecule has 1 aliphatic rings. The Labute approximate surface area is 125 Å². The van der Waals surface area contributed by atoms with Crippen LogP contribution in [0.15, 0.2) is 24.3 Å². The molecule has 0 spiro atoms. The third-order valence-corrected chi connectivity index (χ3v) is 3.50. The van der Waals surface area contributed by atoms with Crippen molar-refractivity contribution >= 4 is 11.8 Å². The van der Waals surface area contributed by atoms with E-state index in [4.69, 9.17) is 0 Å². The molecular weight excluding hydrogens is 266 g/mol. The van der Waals surface area contributed by atoms with Gasteiger partial charge >= 0.3 is 0 Å². The Hall–Kier alpha value is -1.88. The van der Waals surface area contributed by atoms with Gasteiger partial charge in [-0.25, -0.2) is 0 Å². The van der Waals surface area contributed by atoms with E-state index in [2.05, 4.69) is 28.1 Å². The molecule has 0 radical (unpaired) electrons. The van der Waals surface area contributed by atoms with Crippen molar-refractivity contribution in [2.45, 2.75) is 45.3 Å². The molecule has 1 atom stereocenters. The largest absolute Gasteiger partial charge is 0.354 e. The maximum atomic E-state index is 12.1. The minimum absolute atomic E-state index is 0.0350. The summed E-state index contributed by atoms with van der Waals surface area (Å²) < 4.78 is 0. The zero-order valence-electron chi connectivity index (χ0n) is 12.6. The van der Waals surface area contributed by atoms with Gasteiger partial charge in [0.25, 0.3) is 0 Å². The average molecular weight is 289 g/mol. The summed E-state index contributed by atoms with van der Waals surface area (Å²) in [6.45, 7) is 4.92. The molecule has 0 fully saturated rings. The highest BCUT2D eigenvalue weighted by Gasteiger charge is 2.23. The third kappa shape index (κ3) is 4.56. The first-order chi connectivity index (χ1) is 10.1. The molecule has 5 heteroatoms. The first-order valence-corrected chi connectivity index (χ1v) is 7.43. The van der Waals surface area contributed by atoms with Gasteiger partial charge in [-0.2, -0.15) is 0 Å². The van der Waals surface area contributed by atoms with Crippen LogP contribution in [0.2, 0.25) is 0 Å². The van der Waals surface area contributed by atoms with Crippen LogP contribution in [0.1, 0.15) is 31.4 Å². The van der Waals surface area contributed by atoms with Gasteiger partial charge in [0.05, 0.1) is 6.04 Å². The molecule has 0 bridgehead atoms. The number of amides is 2. The lowest BCUT2D eigenvalue weighted by atomic mass is 9.95. The van der Waals surface area contributed by atoms with E-state index < -0.39 is 0 Å². The van der Waals surface area contributed by atoms with E-state index in [1.54, 1.807) is 0 Å². The average Bonchev–Trinajstić information content (AvgIpc) is 2.45. The van der Waals surface area contributed by atoms with Crippen LogP contribution in [0.3, 0.4) is 0 Å². The molecule has 1 aliphatic heterocycles. The summed E-state index contributed by atoms with van der Waals surface area (Å²) in [6, 6.07) is 8.06. The summed E-state index contributed by atoms with van der Waals surface area (Å²) in [4.78, 5) is 23.6. The summed E-state index contributed by atoms with van der Waals surface area (Å²) in [5.74, 6) is -0.0749. The molecule has 0 aliphatic carbocycles. The Morgan fingerprint density at radius 3 is 2.71 bits per heavy atom. The molecule has 21 heavy (non-hydrogen) atoms. The number of benzene rings is 1. The molecular formula is C16H23N3O2. The molecule has 3 N–H and O–H groups in total. The van der Waals surface area contributed by atoms with Crippen LogP contribution >= 0.6 is 0 Å². The molecule has 1 aromatic rings. The lowest BCUT2D eigenvalue weighted by Crippen LogP contribution is -2.48. The van der Waals surface area contributed by atoms with Gasteiger partial charge in [-0.3, -0.25) is 9.59 Å². The van der Waals surface area contributed by atoms with Crippen molar-refractivity contribution in [3.05, 3.63) is 35.4 Å². The predicted octanol–water partition coefficient (Wildman–Crippen LogP) is 0.732. The normalized spacial score (nSPS) is 17.2. The number of carbonyl (C=O) groups is 2. The van der Waals surface area contributed by atoms with Crippen molar-refractivity contribution < 1.29 is 9.59 Å². The van der Waals surface area contributed by atoms with Crippen molar-refractivity contribution in [2.75, 3.05) is 6.54 Å². The molecule has 1 heterocycles. The van der Waals surface area contributed by atoms with Gasteiger partial charge in [0.2, 0.25) is 11.8 Å². The molecule has 0 saturated heterocycles. The Morgan fingerprint density at radius 1 is 1.29 bits per heavy atom. The summed E-state index contributed by atoms with van der Waals surface area (Å²) in [5.41, 5.74) is 2.46. The van der Waals surface area contributed by atoms with Gasteiger partial charge in [0.1, 0.15) is 0 Å². The predicted molar refractivity (Wildman–Crippen MR) is 81.7 cm³/mol. The molecule has 1 aromatic carbocycles. The highest BCUT2D eigenvalue weighted by Crippen LogP contribution is 2.16. The van der Waals surface area contributed by atoms with Gasteiger partial charge in [-0.15, -0.1) is 0 Å². The number of carbonyl (C=O) groups excluding carboxylic acids is 2. The Bertz CT molecular complexity index is 514. The lowest BCUT2D eigenvalue weighted by molar-refractivity contribution is -0.124. The topological polar surface area (TPSA) is 70.2 Å². The van der Waals surface area contributed by atoms with Crippen molar-refractivity contribution in [1.29, 1.82) is 0 Å². The number of fused-ring (bicyclic) bond motifs is 1. The SMILES string of the molecule is CC(C)NC(=O)CCNC(=O)C1Cc2ccccc2CN1. The second-order valence-electron chi connectivity index (χ2n) is 5.67. The summed E-state index contributed by atoms with van der Waals surface area (Å²) in [6.07, 6.45) is 1.01. The molecule has 0 aromatic heterocycles. The minimum Gasteiger partial charge on any atom is -0.354 e. The molecule has 5 nitrogen and oxygen atoms in total. The second-order valence-corrected chi connectivity index (χ2v) is 5.67. The fourth-order valence-corrected chi connectivity index (χ4v) is 2.46. The van der Waals surface area contributed by atoms with Gasteiger partial charge in [-0.05, 0) is 31.4 Å². The molecule has 114 valence electrons. The quantitative estimate of drug-likeness (QED) is 0.748. The maximum Gasteiger partial charge on any atom is 0.237 e. The monoisotopic (exact) mass is 289 g/mol. The van der Waals surface area contributed by atoms with E-state index in [-0.39, 0.29) is 23.9 Å². The van der Waals surface area contributed by atoms with E-state index in [1.165, 1.54) is 11.1 Å². The molecule has 1 unspecified atom stereocenters. The van der Waals surface area contributed by atoms with Crippen LogP contribution in [0.25, 0.3) is 0 Å². The zero-order valence-corrected chi connectivity index (χ0v) is 12.6. The highest BCUT2D eigenvalue weighted by molar-refractivity contribution is 5.83. The number of hydrogen-bond donors (Lipinski definition) is 3. The van der Waals surface area contributed by atoms with E-state index in [0.29, 0.717) is 25.9 Å². The van der Waals surface area contributed by atoms with Crippen LogP contribution in [-0.2, 0) is 22.6 Å². The van der Waals surface area contributed by atoms with E-state index in [1.807, 2.05) is 26.0 Å². The van der Waals surface area contributed by atoms with E-state index >= 15 is 0 Å². The Morgan fingerprint density at radius 2 is 2.00 bits per heavy atom. The second kappa shape index (κ2) is 7.22. The summed E-state index contributed by atoms with van der Waals surface area (Å²) >= 11 is 0. The molecule has 2 rings (SSSR count). The lowest BCUT2D eigenvalue weighted by Gasteiger charge is -2.25. The maximum absolute atomic E-state index is 12.1. The summed E-state index contributed by atoms with van der Waals surface area (Å²) in [5, 5.41) is 8.86. The Kier molecular flexibility index (Phi) is 5.33. The highest BCUT2D eigenvalue weighted by atomic mass is 16.2. The van der Waals surface area contributed by atoms with Crippen LogP contribution in [-0.4, -0.2) is 30.4 Å². The minimum atomic E-state index is -0.215. The standard InChI is InChI=1S/C16H23N3O2/c1-11(2)19-15(20)7-8-17-16(21)14-9-12-5-3-4-6-13(12)10-18-14/h3-6,11,14,18H,7-10H2,1-2H3,(H,17,21)(H,19,20). The zero-order chi connectivity index (χ0) is 15.2. The van der Waals surface area contributed by atoms with Gasteiger partial charge in [-0.1, -0.05) is 24.3 Å². The number of rotatable bonds is 5. The van der Waals surface area contributed by atoms with Crippen LogP contribution < -0.4 is 16.0 Å². The smallest absolute Gasteiger partial charge is 0.237 e. The van der Waals surface area contributed by atoms with Crippen LogP contribution in [0, 0.1) is 0 Å². The van der Waals surface area contributed by atoms with Gasteiger partial charge < -0.3 is 16.0 Å². The van der Waals surface area contributed by atoms with Crippen molar-refractivity contribution in [3.8, 4) is 0 Å². The third-order valence-electron chi connectivity index (χ3n) is 3.50. The number of hydrogen-bond acceptors (Lipinski definition) is 3. The fraction of sp³-hybridized carbons (Fsp3) is 0.500. The molecule has 2 amide bonds. The van der Waals surface area contributed by atoms with E-state index in [0.717, 1.165) is 0 Å². The van der Waals surface area contributed by atoms with Crippen molar-refractivity contribution in [1.82, 2.24) is 16.0 Å². The van der Waals surface area contributed by atoms with Crippen LogP contribution in [0.4, 0.5) is 0 Å². The summed E-state index contributed by atoms with van der Waals surface area (Å²) in [7, 11) is 0. The van der Waals surface area contributed by atoms with Crippen molar-refractivity contribution in [3.63, 3.8) is 0 Å². The van der Waals surface area contributed by atoms with Gasteiger partial charge in [0, 0.05) is 25.6 Å². The first kappa shape index (κ1) is 15.5. The Balaban J connectivity index is 1.76. The molecule has 0 saturated carbocycles.